The van der Waals surface area contributed by atoms with Gasteiger partial charge in [-0.3, -0.25) is 9.36 Å². The van der Waals surface area contributed by atoms with Gasteiger partial charge in [-0.2, -0.15) is 0 Å². The molecule has 0 saturated carbocycles. The number of nitrogens with zero attached hydrogens (tertiary/aromatic N) is 3. The molecule has 0 atom stereocenters. The smallest absolute Gasteiger partial charge is 0.234 e. The van der Waals surface area contributed by atoms with Gasteiger partial charge >= 0.3 is 0 Å². The third-order valence-corrected chi connectivity index (χ3v) is 5.56. The second kappa shape index (κ2) is 12.0. The SMILES string of the molecule is C=CCn1c(COc2ccc(CC)cc2)nnc1SCC(=O)Nc1ccccc1OCC. The number of anilines is 1. The van der Waals surface area contributed by atoms with Gasteiger partial charge in [-0.15, -0.1) is 16.8 Å². The summed E-state index contributed by atoms with van der Waals surface area (Å²) < 4.78 is 13.3. The minimum absolute atomic E-state index is 0.149. The fraction of sp³-hybridized carbons (Fsp3) is 0.292. The molecule has 0 aliphatic heterocycles. The first kappa shape index (κ1) is 23.4. The van der Waals surface area contributed by atoms with Gasteiger partial charge < -0.3 is 14.8 Å². The number of allylic oxidation sites excluding steroid dienone is 1. The molecule has 1 N–H and O–H groups in total. The summed E-state index contributed by atoms with van der Waals surface area (Å²) in [5.41, 5.74) is 1.91. The highest BCUT2D eigenvalue weighted by atomic mass is 32.2. The molecule has 8 heteroatoms. The highest BCUT2D eigenvalue weighted by molar-refractivity contribution is 7.99. The normalized spacial score (nSPS) is 10.6. The van der Waals surface area contributed by atoms with Gasteiger partial charge in [0.05, 0.1) is 18.0 Å². The van der Waals surface area contributed by atoms with E-state index in [0.717, 1.165) is 12.2 Å². The second-order valence-electron chi connectivity index (χ2n) is 6.85. The Morgan fingerprint density at radius 2 is 1.91 bits per heavy atom. The van der Waals surface area contributed by atoms with Crippen LogP contribution in [0.1, 0.15) is 25.2 Å². The molecule has 0 bridgehead atoms. The predicted octanol–water partition coefficient (Wildman–Crippen LogP) is 4.74. The number of carbonyl (C=O) groups is 1. The van der Waals surface area contributed by atoms with Crippen molar-refractivity contribution >= 4 is 23.4 Å². The molecule has 0 spiro atoms. The highest BCUT2D eigenvalue weighted by Crippen LogP contribution is 2.25. The zero-order valence-electron chi connectivity index (χ0n) is 18.4. The topological polar surface area (TPSA) is 78.3 Å². The van der Waals surface area contributed by atoms with Gasteiger partial charge in [-0.05, 0) is 43.2 Å². The van der Waals surface area contributed by atoms with Crippen molar-refractivity contribution in [2.24, 2.45) is 0 Å². The number of nitrogens with one attached hydrogen (secondary N) is 1. The molecule has 1 heterocycles. The molecule has 1 amide bonds. The molecular formula is C24H28N4O3S. The van der Waals surface area contributed by atoms with Crippen LogP contribution in [0.4, 0.5) is 5.69 Å². The molecule has 3 aromatic rings. The number of hydrogen-bond acceptors (Lipinski definition) is 6. The molecule has 0 aliphatic rings. The maximum Gasteiger partial charge on any atom is 0.234 e. The number of rotatable bonds is 12. The number of hydrogen-bond donors (Lipinski definition) is 1. The molecule has 0 fully saturated rings. The molecule has 7 nitrogen and oxygen atoms in total. The third-order valence-electron chi connectivity index (χ3n) is 4.60. The first-order chi connectivity index (χ1) is 15.6. The van der Waals surface area contributed by atoms with Gasteiger partial charge in [-0.1, -0.05) is 49.0 Å². The van der Waals surface area contributed by atoms with Crippen molar-refractivity contribution in [3.63, 3.8) is 0 Å². The summed E-state index contributed by atoms with van der Waals surface area (Å²) >= 11 is 1.31. The maximum atomic E-state index is 12.5. The Hall–Kier alpha value is -3.26. The van der Waals surface area contributed by atoms with Crippen molar-refractivity contribution in [2.75, 3.05) is 17.7 Å². The van der Waals surface area contributed by atoms with Crippen molar-refractivity contribution in [1.82, 2.24) is 14.8 Å². The summed E-state index contributed by atoms with van der Waals surface area (Å²) in [5.74, 6) is 2.14. The predicted molar refractivity (Wildman–Crippen MR) is 127 cm³/mol. The van der Waals surface area contributed by atoms with E-state index in [2.05, 4.69) is 29.0 Å². The summed E-state index contributed by atoms with van der Waals surface area (Å²) in [5, 5.41) is 12.0. The van der Waals surface area contributed by atoms with Crippen LogP contribution in [0.2, 0.25) is 0 Å². The van der Waals surface area contributed by atoms with E-state index in [9.17, 15) is 4.79 Å². The fourth-order valence-electron chi connectivity index (χ4n) is 2.98. The third kappa shape index (κ3) is 6.37. The van der Waals surface area contributed by atoms with E-state index in [1.807, 2.05) is 60.0 Å². The van der Waals surface area contributed by atoms with Crippen LogP contribution in [-0.4, -0.2) is 33.0 Å². The van der Waals surface area contributed by atoms with Crippen LogP contribution in [0, 0.1) is 0 Å². The molecule has 3 rings (SSSR count). The van der Waals surface area contributed by atoms with Gasteiger partial charge in [0.25, 0.3) is 0 Å². The van der Waals surface area contributed by atoms with E-state index in [-0.39, 0.29) is 18.3 Å². The number of ether oxygens (including phenoxy) is 2. The number of aryl methyl sites for hydroxylation is 1. The molecular weight excluding hydrogens is 424 g/mol. The molecule has 168 valence electrons. The van der Waals surface area contributed by atoms with E-state index in [1.165, 1.54) is 17.3 Å². The van der Waals surface area contributed by atoms with Gasteiger partial charge in [0.1, 0.15) is 18.1 Å². The summed E-state index contributed by atoms with van der Waals surface area (Å²) in [6.45, 7) is 9.17. The van der Waals surface area contributed by atoms with Crippen molar-refractivity contribution in [3.05, 3.63) is 72.6 Å². The highest BCUT2D eigenvalue weighted by Gasteiger charge is 2.15. The second-order valence-corrected chi connectivity index (χ2v) is 7.79. The Balaban J connectivity index is 1.60. The van der Waals surface area contributed by atoms with Crippen LogP contribution >= 0.6 is 11.8 Å². The Kier molecular flexibility index (Phi) is 8.74. The molecule has 0 unspecified atom stereocenters. The van der Waals surface area contributed by atoms with Crippen LogP contribution in [0.3, 0.4) is 0 Å². The molecule has 0 radical (unpaired) electrons. The standard InChI is InChI=1S/C24H28N4O3S/c1-4-15-28-22(16-31-19-13-11-18(5-2)12-14-19)26-27-24(28)32-17-23(29)25-20-9-7-8-10-21(20)30-6-3/h4,7-14H,1,5-6,15-17H2,2-3H3,(H,25,29). The Labute approximate surface area is 192 Å². The minimum Gasteiger partial charge on any atom is -0.492 e. The number of amides is 1. The molecule has 0 aliphatic carbocycles. The lowest BCUT2D eigenvalue weighted by molar-refractivity contribution is -0.113. The van der Waals surface area contributed by atoms with E-state index < -0.39 is 0 Å². The van der Waals surface area contributed by atoms with Crippen LogP contribution in [0.25, 0.3) is 0 Å². The summed E-state index contributed by atoms with van der Waals surface area (Å²) in [6, 6.07) is 15.4. The molecule has 32 heavy (non-hydrogen) atoms. The van der Waals surface area contributed by atoms with Crippen LogP contribution in [0.5, 0.6) is 11.5 Å². The Morgan fingerprint density at radius 3 is 2.62 bits per heavy atom. The minimum atomic E-state index is -0.149. The van der Waals surface area contributed by atoms with E-state index in [0.29, 0.717) is 35.6 Å². The van der Waals surface area contributed by atoms with E-state index in [1.54, 1.807) is 6.08 Å². The fourth-order valence-corrected chi connectivity index (χ4v) is 3.75. The first-order valence-electron chi connectivity index (χ1n) is 10.5. The van der Waals surface area contributed by atoms with Gasteiger partial charge in [0.2, 0.25) is 5.91 Å². The molecule has 1 aromatic heterocycles. The quantitative estimate of drug-likeness (QED) is 0.316. The van der Waals surface area contributed by atoms with Gasteiger partial charge in [-0.25, -0.2) is 0 Å². The average molecular weight is 453 g/mol. The van der Waals surface area contributed by atoms with Crippen molar-refractivity contribution in [2.45, 2.75) is 38.6 Å². The lowest BCUT2D eigenvalue weighted by atomic mass is 10.2. The van der Waals surface area contributed by atoms with Crippen LogP contribution in [0.15, 0.2) is 66.3 Å². The van der Waals surface area contributed by atoms with Crippen LogP contribution in [-0.2, 0) is 24.4 Å². The number of benzene rings is 2. The van der Waals surface area contributed by atoms with Crippen LogP contribution < -0.4 is 14.8 Å². The van der Waals surface area contributed by atoms with Crippen molar-refractivity contribution < 1.29 is 14.3 Å². The largest absolute Gasteiger partial charge is 0.492 e. The van der Waals surface area contributed by atoms with Crippen molar-refractivity contribution in [3.8, 4) is 11.5 Å². The Morgan fingerprint density at radius 1 is 1.12 bits per heavy atom. The van der Waals surface area contributed by atoms with Gasteiger partial charge in [0.15, 0.2) is 11.0 Å². The number of para-hydroxylation sites is 2. The maximum absolute atomic E-state index is 12.5. The Bertz CT molecular complexity index is 1030. The van der Waals surface area contributed by atoms with E-state index in [4.69, 9.17) is 9.47 Å². The summed E-state index contributed by atoms with van der Waals surface area (Å²) in [4.78, 5) is 12.5. The summed E-state index contributed by atoms with van der Waals surface area (Å²) in [6.07, 6.45) is 2.75. The van der Waals surface area contributed by atoms with E-state index >= 15 is 0 Å². The molecule has 2 aromatic carbocycles. The summed E-state index contributed by atoms with van der Waals surface area (Å²) in [7, 11) is 0. The number of aromatic nitrogens is 3. The first-order valence-corrected chi connectivity index (χ1v) is 11.5. The number of carbonyl (C=O) groups excluding carboxylic acids is 1. The van der Waals surface area contributed by atoms with Gasteiger partial charge in [0, 0.05) is 6.54 Å². The monoisotopic (exact) mass is 452 g/mol. The molecule has 0 saturated heterocycles. The zero-order valence-corrected chi connectivity index (χ0v) is 19.2. The zero-order chi connectivity index (χ0) is 22.8. The number of thioether (sulfide) groups is 1. The van der Waals surface area contributed by atoms with Crippen molar-refractivity contribution in [1.29, 1.82) is 0 Å². The lowest BCUT2D eigenvalue weighted by Gasteiger charge is -2.11. The average Bonchev–Trinajstić information content (AvgIpc) is 3.20. The lowest BCUT2D eigenvalue weighted by Crippen LogP contribution is -2.15.